The first-order chi connectivity index (χ1) is 37.8. The Hall–Kier alpha value is -6.67. The molecule has 0 aliphatic carbocycles. The molecule has 0 spiro atoms. The Morgan fingerprint density at radius 2 is 0.679 bits per heavy atom. The minimum atomic E-state index is -0.0500. The zero-order chi connectivity index (χ0) is 52.9. The summed E-state index contributed by atoms with van der Waals surface area (Å²) in [4.78, 5) is 4.99. The fourth-order valence-corrected chi connectivity index (χ4v) is 16.8. The van der Waals surface area contributed by atoms with E-state index < -0.39 is 0 Å². The second-order valence-electron chi connectivity index (χ2n) is 22.4. The van der Waals surface area contributed by atoms with Crippen molar-refractivity contribution in [1.82, 2.24) is 0 Å². The zero-order valence-electron chi connectivity index (χ0n) is 43.7. The van der Waals surface area contributed by atoms with E-state index in [1.54, 1.807) is 0 Å². The lowest BCUT2D eigenvalue weighted by Gasteiger charge is -2.42. The number of benzene rings is 12. The fraction of sp³-hybridized carbons (Fsp3) is 0.0857. The van der Waals surface area contributed by atoms with Gasteiger partial charge in [0, 0.05) is 52.0 Å². The summed E-state index contributed by atoms with van der Waals surface area (Å²) in [6, 6.07) is 65.4. The van der Waals surface area contributed by atoms with Crippen LogP contribution < -0.4 is 42.6 Å². The second-order valence-corrected chi connectivity index (χ2v) is 26.1. The van der Waals surface area contributed by atoms with E-state index in [9.17, 15) is 0 Å². The molecule has 0 saturated carbocycles. The quantitative estimate of drug-likeness (QED) is 0.128. The summed E-state index contributed by atoms with van der Waals surface area (Å²) in [5.41, 5.74) is 33.1. The maximum atomic E-state index is 4.16. The zero-order valence-corrected chi connectivity index (χ0v) is 50.1. The third-order valence-corrected chi connectivity index (χ3v) is 19.6. The third-order valence-electron chi connectivity index (χ3n) is 17.7. The van der Waals surface area contributed by atoms with Gasteiger partial charge in [0.15, 0.2) is 0 Å². The summed E-state index contributed by atoms with van der Waals surface area (Å²) in [6.07, 6.45) is 0. The monoisotopic (exact) mass is 1250 g/mol. The number of rotatable bonds is 4. The lowest BCUT2D eigenvalue weighted by atomic mass is 9.31. The van der Waals surface area contributed by atoms with Crippen molar-refractivity contribution in [1.29, 1.82) is 0 Å². The molecule has 12 aromatic rings. The van der Waals surface area contributed by atoms with Crippen molar-refractivity contribution in [2.24, 2.45) is 0 Å². The van der Waals surface area contributed by atoms with E-state index in [0.29, 0.717) is 0 Å². The maximum absolute atomic E-state index is 4.16. The van der Waals surface area contributed by atoms with Crippen LogP contribution in [0.15, 0.2) is 188 Å². The van der Waals surface area contributed by atoms with Gasteiger partial charge in [-0.3, -0.25) is 0 Å². The highest BCUT2D eigenvalue weighted by molar-refractivity contribution is 9.11. The molecule has 0 aromatic heterocycles. The molecule has 0 amide bonds. The van der Waals surface area contributed by atoms with Crippen LogP contribution in [0.3, 0.4) is 0 Å². The number of hydrogen-bond acceptors (Lipinski definition) is 2. The van der Waals surface area contributed by atoms with E-state index in [1.807, 2.05) is 0 Å². The molecule has 370 valence electrons. The molecule has 0 bridgehead atoms. The number of para-hydroxylation sites is 2. The van der Waals surface area contributed by atoms with E-state index >= 15 is 0 Å². The molecule has 8 heteroatoms. The van der Waals surface area contributed by atoms with E-state index in [-0.39, 0.29) is 13.4 Å². The van der Waals surface area contributed by atoms with Gasteiger partial charge in [0.2, 0.25) is 13.4 Å². The molecule has 0 radical (unpaired) electrons. The second kappa shape index (κ2) is 16.9. The summed E-state index contributed by atoms with van der Waals surface area (Å²) in [6.45, 7) is 13.7. The number of anilines is 6. The molecule has 4 aliphatic heterocycles. The first-order valence-electron chi connectivity index (χ1n) is 26.8. The molecular formula is C70H46B2Br4N2. The van der Waals surface area contributed by atoms with Crippen LogP contribution in [-0.2, 0) is 0 Å². The molecule has 12 aromatic carbocycles. The van der Waals surface area contributed by atoms with Crippen molar-refractivity contribution in [3.8, 4) is 44.5 Å². The Bertz CT molecular complexity index is 4360. The molecule has 2 nitrogen and oxygen atoms in total. The number of halogens is 4. The summed E-state index contributed by atoms with van der Waals surface area (Å²) >= 11 is 16.2. The van der Waals surface area contributed by atoms with Crippen LogP contribution in [0.25, 0.3) is 76.8 Å². The van der Waals surface area contributed by atoms with Crippen molar-refractivity contribution >= 4 is 176 Å². The Labute approximate surface area is 489 Å². The van der Waals surface area contributed by atoms with Crippen molar-refractivity contribution in [2.45, 2.75) is 41.5 Å². The van der Waals surface area contributed by atoms with E-state index in [1.165, 1.54) is 166 Å². The highest BCUT2D eigenvalue weighted by atomic mass is 79.9. The van der Waals surface area contributed by atoms with Gasteiger partial charge < -0.3 is 9.80 Å². The Balaban J connectivity index is 1.15. The number of aryl methyl sites for hydroxylation is 6. The van der Waals surface area contributed by atoms with Crippen LogP contribution in [0.1, 0.15) is 33.4 Å². The normalized spacial score (nSPS) is 13.4. The van der Waals surface area contributed by atoms with Gasteiger partial charge in [-0.15, -0.1) is 0 Å². The summed E-state index contributed by atoms with van der Waals surface area (Å²) < 4.78 is 4.23. The predicted octanol–water partition coefficient (Wildman–Crippen LogP) is 17.4. The first kappa shape index (κ1) is 47.3. The van der Waals surface area contributed by atoms with Crippen molar-refractivity contribution in [3.63, 3.8) is 0 Å². The van der Waals surface area contributed by atoms with Gasteiger partial charge in [-0.05, 0) is 247 Å². The van der Waals surface area contributed by atoms with Gasteiger partial charge in [-0.2, -0.15) is 0 Å². The minimum Gasteiger partial charge on any atom is -0.311 e. The van der Waals surface area contributed by atoms with E-state index in [0.717, 1.165) is 29.3 Å². The largest absolute Gasteiger partial charge is 0.311 e. The summed E-state index contributed by atoms with van der Waals surface area (Å²) in [7, 11) is 0. The molecule has 0 fully saturated rings. The molecule has 16 rings (SSSR count). The third kappa shape index (κ3) is 6.49. The van der Waals surface area contributed by atoms with Gasteiger partial charge in [0.05, 0.1) is 0 Å². The fourth-order valence-electron chi connectivity index (χ4n) is 15.2. The Kier molecular flexibility index (Phi) is 10.3. The van der Waals surface area contributed by atoms with Crippen LogP contribution in [0, 0.1) is 41.5 Å². The molecule has 0 saturated heterocycles. The standard InChI is InChI=1S/C70H46B2Br4N2/c1-35-21-37(3)63(38(4)22-35)47-31-49-53-25-43(75)29-61-69(53)72(56-20-18-42(74)28-60(56)77(61)45-13-9-7-10-14-45)58-34-52-48(64-39(5)23-36(2)24-40(64)6)32-50-54-26-44(76)30-62-70(54)71(57-33-51(47)67(65(49)58)68(52)66(50)57)55-19-17-41(73)27-59(55)78(62)46-15-11-8-12-16-46/h7-34H,1-6H3. The Morgan fingerprint density at radius 1 is 0.308 bits per heavy atom. The lowest BCUT2D eigenvalue weighted by molar-refractivity contribution is 1.28. The highest BCUT2D eigenvalue weighted by Gasteiger charge is 2.46. The smallest absolute Gasteiger partial charge is 0.248 e. The molecule has 0 atom stereocenters. The summed E-state index contributed by atoms with van der Waals surface area (Å²) in [5.74, 6) is 0. The Morgan fingerprint density at radius 3 is 1.06 bits per heavy atom. The highest BCUT2D eigenvalue weighted by Crippen LogP contribution is 2.54. The number of fused-ring (bicyclic) bond motifs is 8. The van der Waals surface area contributed by atoms with Crippen LogP contribution in [-0.4, -0.2) is 13.4 Å². The van der Waals surface area contributed by atoms with E-state index in [2.05, 4.69) is 285 Å². The topological polar surface area (TPSA) is 6.48 Å². The van der Waals surface area contributed by atoms with Crippen LogP contribution in [0.2, 0.25) is 0 Å². The molecule has 4 heterocycles. The average molecular weight is 1260 g/mol. The molecule has 78 heavy (non-hydrogen) atoms. The van der Waals surface area contributed by atoms with Gasteiger partial charge >= 0.3 is 0 Å². The SMILES string of the molecule is Cc1cc(C)c(-c2cc3c4c(cc5c(-c6c(C)cc(C)cc6C)cc6c7c(cc2c4c57)B2c4ccc(Br)cc4N(c4ccccc4)c4cc(Br)cc-6c42)B2c4ccc(Br)cc4N(c4ccccc4)c4cc(Br)cc-3c42)c(C)c1. The molecule has 0 N–H and O–H groups in total. The van der Waals surface area contributed by atoms with Crippen LogP contribution in [0.5, 0.6) is 0 Å². The molecule has 4 aliphatic rings. The summed E-state index contributed by atoms with van der Waals surface area (Å²) in [5, 5.41) is 8.02. The average Bonchev–Trinajstić information content (AvgIpc) is 1.72. The van der Waals surface area contributed by atoms with Gasteiger partial charge in [0.1, 0.15) is 0 Å². The lowest BCUT2D eigenvalue weighted by Crippen LogP contribution is -2.60. The maximum Gasteiger partial charge on any atom is 0.248 e. The molecular weight excluding hydrogens is 1210 g/mol. The first-order valence-corrected chi connectivity index (χ1v) is 30.0. The van der Waals surface area contributed by atoms with Crippen molar-refractivity contribution < 1.29 is 0 Å². The van der Waals surface area contributed by atoms with Crippen molar-refractivity contribution in [2.75, 3.05) is 9.80 Å². The van der Waals surface area contributed by atoms with Crippen molar-refractivity contribution in [3.05, 3.63) is 221 Å². The van der Waals surface area contributed by atoms with Crippen LogP contribution >= 0.6 is 63.7 Å². The number of hydrogen-bond donors (Lipinski definition) is 0. The van der Waals surface area contributed by atoms with Gasteiger partial charge in [-0.25, -0.2) is 0 Å². The predicted molar refractivity (Wildman–Crippen MR) is 350 cm³/mol. The number of nitrogens with zero attached hydrogens (tertiary/aromatic N) is 2. The van der Waals surface area contributed by atoms with E-state index in [4.69, 9.17) is 0 Å². The molecule has 0 unspecified atom stereocenters. The van der Waals surface area contributed by atoms with Crippen LogP contribution in [0.4, 0.5) is 34.1 Å². The minimum absolute atomic E-state index is 0.0500. The van der Waals surface area contributed by atoms with Gasteiger partial charge in [0.25, 0.3) is 0 Å². The van der Waals surface area contributed by atoms with Gasteiger partial charge in [-0.1, -0.05) is 171 Å².